The highest BCUT2D eigenvalue weighted by atomic mass is 16.4. The van der Waals surface area contributed by atoms with Gasteiger partial charge in [-0.2, -0.15) is 0 Å². The monoisotopic (exact) mass is 820 g/mol. The highest BCUT2D eigenvalue weighted by molar-refractivity contribution is 6.09. The Balaban J connectivity index is 2.53. The Bertz CT molecular complexity index is 1890. The van der Waals surface area contributed by atoms with Crippen molar-refractivity contribution in [3.8, 4) is 0 Å². The molecule has 322 valence electrons. The summed E-state index contributed by atoms with van der Waals surface area (Å²) in [6.45, 7) is 4.99. The first-order valence-corrected chi connectivity index (χ1v) is 18.2. The van der Waals surface area contributed by atoms with Crippen LogP contribution in [0.25, 0.3) is 0 Å². The first-order chi connectivity index (χ1) is 27.1. The zero-order valence-corrected chi connectivity index (χ0v) is 33.9. The van der Waals surface area contributed by atoms with E-state index in [-0.39, 0.29) is 93.2 Å². The average Bonchev–Trinajstić information content (AvgIpc) is 3.18. The second-order valence-electron chi connectivity index (χ2n) is 13.9. The Labute approximate surface area is 335 Å². The third kappa shape index (κ3) is 11.3. The third-order valence-corrected chi connectivity index (χ3v) is 9.64. The fourth-order valence-corrected chi connectivity index (χ4v) is 6.61. The molecule has 6 amide bonds. The predicted octanol–water partition coefficient (Wildman–Crippen LogP) is -2.87. The molecule has 0 saturated heterocycles. The number of aliphatic hydroxyl groups is 8. The van der Waals surface area contributed by atoms with Crippen LogP contribution in [0.3, 0.4) is 0 Å². The number of nitrogens with zero attached hydrogens (tertiary/aromatic N) is 2. The Hall–Kier alpha value is -5.06. The number of benzene rings is 2. The van der Waals surface area contributed by atoms with Gasteiger partial charge < -0.3 is 71.9 Å². The zero-order chi connectivity index (χ0) is 44.3. The van der Waals surface area contributed by atoms with Crippen LogP contribution in [0.15, 0.2) is 0 Å². The van der Waals surface area contributed by atoms with Crippen LogP contribution in [0.1, 0.15) is 74.8 Å². The molecule has 12 N–H and O–H groups in total. The Morgan fingerprint density at radius 2 is 0.897 bits per heavy atom. The normalized spacial score (nSPS) is 13.2. The maximum atomic E-state index is 13.8. The van der Waals surface area contributed by atoms with Gasteiger partial charge in [-0.05, 0) is 74.9 Å². The molecule has 2 rings (SSSR count). The smallest absolute Gasteiger partial charge is 0.256 e. The van der Waals surface area contributed by atoms with Gasteiger partial charge in [-0.1, -0.05) is 0 Å². The van der Waals surface area contributed by atoms with Gasteiger partial charge in [-0.3, -0.25) is 28.8 Å². The van der Waals surface area contributed by atoms with Gasteiger partial charge in [0, 0.05) is 73.9 Å². The number of carbonyl (C=O) groups is 6. The SMILES string of the molecule is Cc1c(NC(=O)CO)c(C)c(C(=O)N(C)CC(O)CO)c(C)c1C(=O)NCCNC(=O)c1c(C)c(NC(=O)C(O)C(O)CO)c(C)c(C(=O)N(C)CC(O)CO)c1C. The van der Waals surface area contributed by atoms with Crippen molar-refractivity contribution in [3.05, 3.63) is 55.6 Å². The molecule has 0 saturated carbocycles. The van der Waals surface area contributed by atoms with Gasteiger partial charge in [0.25, 0.3) is 29.5 Å². The van der Waals surface area contributed by atoms with E-state index in [1.54, 1.807) is 0 Å². The molecular formula is C38H56N6O14. The Kier molecular flexibility index (Phi) is 18.3. The van der Waals surface area contributed by atoms with Crippen LogP contribution in [-0.2, 0) is 9.59 Å². The summed E-state index contributed by atoms with van der Waals surface area (Å²) >= 11 is 0. The van der Waals surface area contributed by atoms with Crippen LogP contribution < -0.4 is 21.3 Å². The van der Waals surface area contributed by atoms with Gasteiger partial charge >= 0.3 is 0 Å². The first kappa shape index (κ1) is 49.1. The largest absolute Gasteiger partial charge is 0.394 e. The highest BCUT2D eigenvalue weighted by Gasteiger charge is 2.31. The highest BCUT2D eigenvalue weighted by Crippen LogP contribution is 2.34. The van der Waals surface area contributed by atoms with Crippen LogP contribution >= 0.6 is 0 Å². The molecule has 20 heteroatoms. The summed E-state index contributed by atoms with van der Waals surface area (Å²) in [5.74, 6) is -4.73. The van der Waals surface area contributed by atoms with E-state index < -0.39 is 86.3 Å². The van der Waals surface area contributed by atoms with Crippen molar-refractivity contribution in [1.82, 2.24) is 20.4 Å². The summed E-state index contributed by atoms with van der Waals surface area (Å²) in [6, 6.07) is 0. The number of rotatable bonds is 19. The number of amides is 6. The molecule has 2 aromatic rings. The van der Waals surface area contributed by atoms with Gasteiger partial charge in [0.05, 0.1) is 32.0 Å². The summed E-state index contributed by atoms with van der Waals surface area (Å²) in [6.07, 6.45) is -6.45. The molecule has 0 aliphatic carbocycles. The van der Waals surface area contributed by atoms with Crippen LogP contribution in [0.4, 0.5) is 11.4 Å². The van der Waals surface area contributed by atoms with E-state index in [1.165, 1.54) is 55.6 Å². The van der Waals surface area contributed by atoms with E-state index in [4.69, 9.17) is 0 Å². The van der Waals surface area contributed by atoms with Gasteiger partial charge in [-0.25, -0.2) is 0 Å². The van der Waals surface area contributed by atoms with E-state index >= 15 is 0 Å². The predicted molar refractivity (Wildman–Crippen MR) is 210 cm³/mol. The minimum atomic E-state index is -2.08. The fraction of sp³-hybridized carbons (Fsp3) is 0.526. The summed E-state index contributed by atoms with van der Waals surface area (Å²) in [4.78, 5) is 82.2. The lowest BCUT2D eigenvalue weighted by Gasteiger charge is -2.26. The van der Waals surface area contributed by atoms with Crippen molar-refractivity contribution in [2.45, 2.75) is 66.0 Å². The van der Waals surface area contributed by atoms with Gasteiger partial charge in [0.2, 0.25) is 5.91 Å². The summed E-state index contributed by atoms with van der Waals surface area (Å²) in [5, 5.41) is 87.4. The number of carbonyl (C=O) groups excluding carboxylic acids is 6. The standard InChI is InChI=1S/C38H56N6O14/c1-17-27(19(3)31(41-26(52)16-48)21(5)29(17)37(57)43(7)11-23(49)13-45)34(54)39-9-10-40-35(55)28-18(2)30(38(58)44(8)12-24(50)14-46)22(6)32(20(28)4)42-36(56)33(53)25(51)15-47/h23-25,33,45-51,53H,9-16H2,1-8H3,(H,39,54)(H,40,55)(H,41,52)(H,42,56). The Morgan fingerprint density at radius 1 is 0.534 bits per heavy atom. The van der Waals surface area contributed by atoms with E-state index in [0.717, 1.165) is 9.80 Å². The van der Waals surface area contributed by atoms with E-state index in [0.29, 0.717) is 0 Å². The van der Waals surface area contributed by atoms with Crippen molar-refractivity contribution in [1.29, 1.82) is 0 Å². The molecule has 58 heavy (non-hydrogen) atoms. The van der Waals surface area contributed by atoms with Crippen molar-refractivity contribution < 1.29 is 69.6 Å². The van der Waals surface area contributed by atoms with Crippen molar-refractivity contribution in [3.63, 3.8) is 0 Å². The summed E-state index contributed by atoms with van der Waals surface area (Å²) < 4.78 is 0. The van der Waals surface area contributed by atoms with Crippen molar-refractivity contribution >= 4 is 46.8 Å². The summed E-state index contributed by atoms with van der Waals surface area (Å²) in [5.41, 5.74) is 1.19. The van der Waals surface area contributed by atoms with Crippen LogP contribution in [0, 0.1) is 41.5 Å². The average molecular weight is 821 g/mol. The number of anilines is 2. The van der Waals surface area contributed by atoms with E-state index in [9.17, 15) is 69.6 Å². The van der Waals surface area contributed by atoms with Crippen molar-refractivity contribution in [2.75, 3.05) is 77.3 Å². The number of aliphatic hydroxyl groups excluding tert-OH is 8. The minimum Gasteiger partial charge on any atom is -0.394 e. The quantitative estimate of drug-likeness (QED) is 0.0635. The molecule has 4 unspecified atom stereocenters. The molecular weight excluding hydrogens is 764 g/mol. The molecule has 0 radical (unpaired) electrons. The molecule has 20 nitrogen and oxygen atoms in total. The molecule has 4 atom stereocenters. The van der Waals surface area contributed by atoms with Crippen LogP contribution in [-0.4, -0.2) is 177 Å². The number of nitrogens with one attached hydrogen (secondary N) is 4. The molecule has 0 heterocycles. The zero-order valence-electron chi connectivity index (χ0n) is 33.9. The lowest BCUT2D eigenvalue weighted by Crippen LogP contribution is -2.41. The second kappa shape index (κ2) is 21.6. The molecule has 0 aliphatic rings. The summed E-state index contributed by atoms with van der Waals surface area (Å²) in [7, 11) is 2.73. The second-order valence-corrected chi connectivity index (χ2v) is 13.9. The maximum absolute atomic E-state index is 13.8. The number of hydrogen-bond donors (Lipinski definition) is 12. The van der Waals surface area contributed by atoms with Gasteiger partial charge in [0.15, 0.2) is 6.10 Å². The number of hydrogen-bond acceptors (Lipinski definition) is 14. The molecule has 0 fully saturated rings. The Morgan fingerprint density at radius 3 is 1.24 bits per heavy atom. The molecule has 2 aromatic carbocycles. The van der Waals surface area contributed by atoms with Crippen LogP contribution in [0.5, 0.6) is 0 Å². The van der Waals surface area contributed by atoms with Crippen LogP contribution in [0.2, 0.25) is 0 Å². The van der Waals surface area contributed by atoms with Gasteiger partial charge in [-0.15, -0.1) is 0 Å². The lowest BCUT2D eigenvalue weighted by molar-refractivity contribution is -0.131. The first-order valence-electron chi connectivity index (χ1n) is 18.2. The fourth-order valence-electron chi connectivity index (χ4n) is 6.61. The molecule has 0 aromatic heterocycles. The molecule has 0 spiro atoms. The maximum Gasteiger partial charge on any atom is 0.256 e. The lowest BCUT2D eigenvalue weighted by atomic mass is 9.89. The van der Waals surface area contributed by atoms with E-state index in [1.807, 2.05) is 0 Å². The molecule has 0 bridgehead atoms. The third-order valence-electron chi connectivity index (χ3n) is 9.64. The van der Waals surface area contributed by atoms with Crippen molar-refractivity contribution in [2.24, 2.45) is 0 Å². The minimum absolute atomic E-state index is 0.00215. The van der Waals surface area contributed by atoms with E-state index in [2.05, 4.69) is 21.3 Å². The topological polar surface area (TPSA) is 319 Å². The molecule has 0 aliphatic heterocycles. The van der Waals surface area contributed by atoms with Gasteiger partial charge in [0.1, 0.15) is 12.7 Å². The number of likely N-dealkylation sites (N-methyl/N-ethyl adjacent to an activating group) is 2.